The monoisotopic (exact) mass is 530 g/mol. The lowest BCUT2D eigenvalue weighted by Gasteiger charge is -2.28. The molecule has 0 radical (unpaired) electrons. The molecule has 0 spiro atoms. The van der Waals surface area contributed by atoms with E-state index in [1.54, 1.807) is 6.08 Å². The van der Waals surface area contributed by atoms with Gasteiger partial charge in [0.2, 0.25) is 5.95 Å². The van der Waals surface area contributed by atoms with Crippen LogP contribution in [0.4, 0.5) is 11.6 Å². The van der Waals surface area contributed by atoms with Crippen LogP contribution in [0.3, 0.4) is 0 Å². The van der Waals surface area contributed by atoms with Gasteiger partial charge in [0.25, 0.3) is 0 Å². The summed E-state index contributed by atoms with van der Waals surface area (Å²) in [5, 5.41) is 2.48. The molecule has 0 saturated carbocycles. The first-order valence-electron chi connectivity index (χ1n) is 14.0. The zero-order valence-corrected chi connectivity index (χ0v) is 23.5. The minimum absolute atomic E-state index is 0.104. The van der Waals surface area contributed by atoms with Crippen LogP contribution in [0.5, 0.6) is 0 Å². The molecule has 0 bridgehead atoms. The molecule has 0 saturated heterocycles. The number of aromatic nitrogens is 3. The molecule has 0 amide bonds. The average Bonchev–Trinajstić information content (AvgIpc) is 3.24. The van der Waals surface area contributed by atoms with E-state index in [1.165, 1.54) is 38.6 Å². The van der Waals surface area contributed by atoms with Crippen molar-refractivity contribution < 1.29 is 0 Å². The van der Waals surface area contributed by atoms with Gasteiger partial charge in [0.15, 0.2) is 11.6 Å². The van der Waals surface area contributed by atoms with Crippen molar-refractivity contribution in [2.75, 3.05) is 4.90 Å². The first kappa shape index (κ1) is 24.9. The smallest absolute Gasteiger partial charge is 0.238 e. The maximum atomic E-state index is 5.00. The number of fused-ring (bicyclic) bond motifs is 4. The quantitative estimate of drug-likeness (QED) is 0.212. The van der Waals surface area contributed by atoms with Gasteiger partial charge in [-0.2, -0.15) is 9.97 Å². The number of nitrogens with zero attached hydrogens (tertiary/aromatic N) is 4. The van der Waals surface area contributed by atoms with Gasteiger partial charge in [0.1, 0.15) is 0 Å². The van der Waals surface area contributed by atoms with Crippen molar-refractivity contribution in [3.63, 3.8) is 0 Å². The topological polar surface area (TPSA) is 41.9 Å². The fourth-order valence-corrected chi connectivity index (χ4v) is 6.35. The fraction of sp³-hybridized carbons (Fsp3) is 0.108. The summed E-state index contributed by atoms with van der Waals surface area (Å²) in [7, 11) is 0. The van der Waals surface area contributed by atoms with Crippen LogP contribution in [0, 0.1) is 0 Å². The molecule has 0 unspecified atom stereocenters. The van der Waals surface area contributed by atoms with Crippen molar-refractivity contribution in [2.45, 2.75) is 26.2 Å². The fourth-order valence-electron chi connectivity index (χ4n) is 6.35. The van der Waals surface area contributed by atoms with E-state index in [0.29, 0.717) is 17.6 Å². The number of benzene rings is 4. The van der Waals surface area contributed by atoms with Crippen LogP contribution in [0.15, 0.2) is 116 Å². The summed E-state index contributed by atoms with van der Waals surface area (Å²) in [6.45, 7) is 10.6. The third-order valence-corrected chi connectivity index (χ3v) is 8.12. The zero-order chi connectivity index (χ0) is 28.1. The minimum Gasteiger partial charge on any atom is -0.285 e. The molecule has 198 valence electrons. The number of hydrogen-bond donors (Lipinski definition) is 0. The number of allylic oxidation sites excluding steroid dienone is 5. The third kappa shape index (κ3) is 3.86. The molecular formula is C37H30N4. The summed E-state index contributed by atoms with van der Waals surface area (Å²) in [4.78, 5) is 17.0. The Hall–Kier alpha value is -5.09. The van der Waals surface area contributed by atoms with Crippen LogP contribution in [0.2, 0.25) is 0 Å². The maximum absolute atomic E-state index is 5.00. The third-order valence-electron chi connectivity index (χ3n) is 8.12. The molecule has 2 heterocycles. The Labute approximate surface area is 240 Å². The van der Waals surface area contributed by atoms with Crippen molar-refractivity contribution in [3.8, 4) is 22.5 Å². The van der Waals surface area contributed by atoms with Crippen molar-refractivity contribution >= 4 is 34.1 Å². The molecule has 41 heavy (non-hydrogen) atoms. The van der Waals surface area contributed by atoms with E-state index in [9.17, 15) is 0 Å². The van der Waals surface area contributed by atoms with E-state index in [4.69, 9.17) is 15.0 Å². The van der Waals surface area contributed by atoms with Crippen molar-refractivity contribution in [2.24, 2.45) is 0 Å². The maximum Gasteiger partial charge on any atom is 0.238 e. The molecule has 0 atom stereocenters. The molecule has 4 aromatic carbocycles. The Balaban J connectivity index is 1.46. The highest BCUT2D eigenvalue weighted by Crippen LogP contribution is 2.54. The van der Waals surface area contributed by atoms with E-state index < -0.39 is 0 Å². The van der Waals surface area contributed by atoms with Crippen LogP contribution in [-0.4, -0.2) is 15.0 Å². The molecule has 1 aromatic heterocycles. The first-order chi connectivity index (χ1) is 20.0. The largest absolute Gasteiger partial charge is 0.285 e. The van der Waals surface area contributed by atoms with Crippen molar-refractivity contribution in [3.05, 3.63) is 138 Å². The minimum atomic E-state index is -0.104. The second kappa shape index (κ2) is 9.53. The number of anilines is 2. The summed E-state index contributed by atoms with van der Waals surface area (Å²) in [5.74, 6) is 1.80. The van der Waals surface area contributed by atoms with E-state index in [2.05, 4.69) is 86.1 Å². The normalized spacial score (nSPS) is 14.9. The van der Waals surface area contributed by atoms with Crippen molar-refractivity contribution in [1.82, 2.24) is 15.0 Å². The van der Waals surface area contributed by atoms with Gasteiger partial charge in [0.05, 0.1) is 5.69 Å². The van der Waals surface area contributed by atoms with Gasteiger partial charge in [-0.15, -0.1) is 0 Å². The van der Waals surface area contributed by atoms with Gasteiger partial charge < -0.3 is 0 Å². The molecule has 7 rings (SSSR count). The van der Waals surface area contributed by atoms with Gasteiger partial charge in [-0.25, -0.2) is 4.98 Å². The Kier molecular flexibility index (Phi) is 5.79. The van der Waals surface area contributed by atoms with E-state index in [1.807, 2.05) is 55.5 Å². The van der Waals surface area contributed by atoms with Crippen LogP contribution >= 0.6 is 0 Å². The Morgan fingerprint density at radius 1 is 0.878 bits per heavy atom. The van der Waals surface area contributed by atoms with E-state index in [-0.39, 0.29) is 5.41 Å². The van der Waals surface area contributed by atoms with Crippen molar-refractivity contribution in [1.29, 1.82) is 0 Å². The Bertz CT molecular complexity index is 1940. The Morgan fingerprint density at radius 2 is 1.68 bits per heavy atom. The average molecular weight is 531 g/mol. The molecule has 4 nitrogen and oxygen atoms in total. The summed E-state index contributed by atoms with van der Waals surface area (Å²) in [6, 6.07) is 27.8. The van der Waals surface area contributed by atoms with E-state index in [0.717, 1.165) is 16.8 Å². The summed E-state index contributed by atoms with van der Waals surface area (Å²) >= 11 is 0. The molecule has 1 aliphatic heterocycles. The number of hydrogen-bond acceptors (Lipinski definition) is 4. The highest BCUT2D eigenvalue weighted by molar-refractivity contribution is 6.10. The van der Waals surface area contributed by atoms with Gasteiger partial charge in [0, 0.05) is 28.1 Å². The Morgan fingerprint density at radius 3 is 2.49 bits per heavy atom. The van der Waals surface area contributed by atoms with Gasteiger partial charge in [-0.05, 0) is 58.3 Å². The van der Waals surface area contributed by atoms with Crippen LogP contribution in [-0.2, 0) is 5.41 Å². The van der Waals surface area contributed by atoms with Crippen LogP contribution in [0.25, 0.3) is 44.9 Å². The lowest BCUT2D eigenvalue weighted by atomic mass is 9.79. The van der Waals surface area contributed by atoms with E-state index >= 15 is 0 Å². The SMILES string of the molecule is C=C/C=C(\C=C/C)c1nc(-c2ccccc2)nc(N2C=Cc3cc4c(c5cccc2c35)C(C)(C)c2ccccc2-4)n1. The predicted octanol–water partition coefficient (Wildman–Crippen LogP) is 9.27. The van der Waals surface area contributed by atoms with Gasteiger partial charge in [-0.3, -0.25) is 4.90 Å². The molecule has 0 N–H and O–H groups in total. The second-order valence-electron chi connectivity index (χ2n) is 11.0. The number of rotatable bonds is 5. The molecule has 4 heteroatoms. The van der Waals surface area contributed by atoms with Gasteiger partial charge in [-0.1, -0.05) is 111 Å². The summed E-state index contributed by atoms with van der Waals surface area (Å²) in [5.41, 5.74) is 9.37. The molecule has 5 aromatic rings. The lowest BCUT2D eigenvalue weighted by Crippen LogP contribution is -2.19. The summed E-state index contributed by atoms with van der Waals surface area (Å²) < 4.78 is 0. The lowest BCUT2D eigenvalue weighted by molar-refractivity contribution is 0.666. The highest BCUT2D eigenvalue weighted by atomic mass is 15.3. The zero-order valence-electron chi connectivity index (χ0n) is 23.5. The standard InChI is InChI=1S/C37H30N4/c1-5-13-24(14-6-2)34-38-35(25-15-8-7-9-16-25)40-36(39-34)41-22-21-26-23-29-27-17-10-11-19-30(27)37(3,4)33(29)28-18-12-20-31(41)32(26)28/h5-23H,1H2,2-4H3/b14-6-,24-13+. The predicted molar refractivity (Wildman–Crippen MR) is 171 cm³/mol. The molecule has 0 fully saturated rings. The van der Waals surface area contributed by atoms with Crippen LogP contribution in [0.1, 0.15) is 43.3 Å². The molecule has 2 aliphatic rings. The summed E-state index contributed by atoms with van der Waals surface area (Å²) in [6.07, 6.45) is 11.9. The molecular weight excluding hydrogens is 500 g/mol. The molecule has 1 aliphatic carbocycles. The first-order valence-corrected chi connectivity index (χ1v) is 14.0. The van der Waals surface area contributed by atoms with Gasteiger partial charge >= 0.3 is 0 Å². The highest BCUT2D eigenvalue weighted by Gasteiger charge is 2.38. The second-order valence-corrected chi connectivity index (χ2v) is 11.0. The van der Waals surface area contributed by atoms with Crippen LogP contribution < -0.4 is 4.90 Å².